The number of hydrogen-bond acceptors (Lipinski definition) is 13. The van der Waals surface area contributed by atoms with Crippen LogP contribution >= 0.6 is 0 Å². The molecule has 0 aliphatic carbocycles. The first-order chi connectivity index (χ1) is 21.2. The highest BCUT2D eigenvalue weighted by atomic mass is 16.7. The van der Waals surface area contributed by atoms with Gasteiger partial charge in [0, 0.05) is 32.8 Å². The number of amides is 1. The average Bonchev–Trinajstić information content (AvgIpc) is 2.93. The van der Waals surface area contributed by atoms with Gasteiger partial charge in [-0.3, -0.25) is 14.4 Å². The molecule has 0 bridgehead atoms. The largest absolute Gasteiger partial charge is 0.462 e. The second-order valence-corrected chi connectivity index (χ2v) is 11.7. The van der Waals surface area contributed by atoms with E-state index in [4.69, 9.17) is 34.2 Å². The number of hydrogen-bond donors (Lipinski definition) is 2. The molecule has 2 aliphatic heterocycles. The first-order valence-electron chi connectivity index (χ1n) is 15.0. The summed E-state index contributed by atoms with van der Waals surface area (Å²) in [7, 11) is 4.66. The molecule has 0 aromatic rings. The molecular weight excluding hydrogens is 592 g/mol. The minimum absolute atomic E-state index is 0.108. The SMILES string of the molecule is COC1[C@@H](O[C@@H]2O[C@H](C)[C@@H](OC(N)=O)[C@H](N(C)C)[C@H]2O)[C@@H](CC=O)C[C@@H](C)C(=O)/C=C/C=C/C[C@@H](C)OC(=O)C[C@H]1OC(C)=O. The van der Waals surface area contributed by atoms with Crippen molar-refractivity contribution in [3.63, 3.8) is 0 Å². The van der Waals surface area contributed by atoms with Crippen LogP contribution in [0.5, 0.6) is 0 Å². The summed E-state index contributed by atoms with van der Waals surface area (Å²) in [5, 5.41) is 11.5. The van der Waals surface area contributed by atoms with E-state index in [0.717, 1.165) is 0 Å². The fourth-order valence-electron chi connectivity index (χ4n) is 5.77. The summed E-state index contributed by atoms with van der Waals surface area (Å²) in [6.45, 7) is 6.19. The fourth-order valence-corrected chi connectivity index (χ4v) is 5.77. The number of allylic oxidation sites excluding steroid dienone is 3. The molecule has 14 nitrogen and oxygen atoms in total. The topological polar surface area (TPSA) is 190 Å². The number of aliphatic hydroxyl groups excluding tert-OH is 1. The van der Waals surface area contributed by atoms with Gasteiger partial charge in [-0.15, -0.1) is 0 Å². The molecule has 2 heterocycles. The highest BCUT2D eigenvalue weighted by molar-refractivity contribution is 5.91. The zero-order valence-electron chi connectivity index (χ0n) is 27.0. The zero-order chi connectivity index (χ0) is 33.8. The number of carbonyl (C=O) groups is 5. The molecule has 45 heavy (non-hydrogen) atoms. The molecule has 2 aliphatic rings. The number of ketones is 1. The molecular formula is C31H48N2O12. The quantitative estimate of drug-likeness (QED) is 0.220. The highest BCUT2D eigenvalue weighted by Gasteiger charge is 2.50. The third-order valence-electron chi connectivity index (χ3n) is 7.88. The summed E-state index contributed by atoms with van der Waals surface area (Å²) in [5.41, 5.74) is 5.27. The van der Waals surface area contributed by atoms with Gasteiger partial charge in [0.25, 0.3) is 0 Å². The minimum Gasteiger partial charge on any atom is -0.462 e. The highest BCUT2D eigenvalue weighted by Crippen LogP contribution is 2.34. The smallest absolute Gasteiger partial charge is 0.404 e. The van der Waals surface area contributed by atoms with Crippen molar-refractivity contribution in [2.45, 2.75) is 108 Å². The van der Waals surface area contributed by atoms with Crippen LogP contribution in [0.2, 0.25) is 0 Å². The molecule has 11 atom stereocenters. The Kier molecular flexibility index (Phi) is 15.3. The minimum atomic E-state index is -1.41. The van der Waals surface area contributed by atoms with Crippen molar-refractivity contribution in [1.82, 2.24) is 4.90 Å². The van der Waals surface area contributed by atoms with Crippen LogP contribution in [-0.4, -0.2) is 116 Å². The number of methoxy groups -OCH3 is 1. The Morgan fingerprint density at radius 2 is 1.80 bits per heavy atom. The number of likely N-dealkylation sites (N-methyl/N-ethyl adjacent to an activating group) is 1. The van der Waals surface area contributed by atoms with Gasteiger partial charge in [-0.25, -0.2) is 4.79 Å². The number of primary amides is 1. The van der Waals surface area contributed by atoms with Gasteiger partial charge in [0.15, 0.2) is 12.1 Å². The van der Waals surface area contributed by atoms with Gasteiger partial charge in [0.2, 0.25) is 0 Å². The molecule has 1 saturated heterocycles. The van der Waals surface area contributed by atoms with E-state index in [1.54, 1.807) is 58.0 Å². The molecule has 0 spiro atoms. The summed E-state index contributed by atoms with van der Waals surface area (Å²) in [4.78, 5) is 63.5. The van der Waals surface area contributed by atoms with E-state index in [-0.39, 0.29) is 18.6 Å². The van der Waals surface area contributed by atoms with E-state index in [0.29, 0.717) is 12.7 Å². The summed E-state index contributed by atoms with van der Waals surface area (Å²) in [6, 6.07) is -0.831. The summed E-state index contributed by atoms with van der Waals surface area (Å²) in [6.07, 6.45) is -2.61. The number of esters is 2. The molecule has 14 heteroatoms. The Balaban J connectivity index is 2.63. The van der Waals surface area contributed by atoms with Gasteiger partial charge in [-0.05, 0) is 46.4 Å². The van der Waals surface area contributed by atoms with Gasteiger partial charge < -0.3 is 49.0 Å². The lowest BCUT2D eigenvalue weighted by atomic mass is 9.83. The van der Waals surface area contributed by atoms with Crippen molar-refractivity contribution in [2.75, 3.05) is 21.2 Å². The van der Waals surface area contributed by atoms with Crippen LogP contribution in [0.1, 0.15) is 53.4 Å². The van der Waals surface area contributed by atoms with Gasteiger partial charge in [0.1, 0.15) is 36.8 Å². The third-order valence-corrected chi connectivity index (χ3v) is 7.88. The van der Waals surface area contributed by atoms with Crippen molar-refractivity contribution in [3.8, 4) is 0 Å². The lowest BCUT2D eigenvalue weighted by Gasteiger charge is -2.47. The van der Waals surface area contributed by atoms with E-state index in [2.05, 4.69) is 0 Å². The number of ether oxygens (including phenoxy) is 6. The van der Waals surface area contributed by atoms with Crippen LogP contribution in [0.15, 0.2) is 24.3 Å². The standard InChI is InChI=1S/C31H48N2O12/c1-17-15-21(13-14-34)28(44-30-26(38)25(33(5)6)27(19(3)42-30)45-31(32)39)29(40-7)23(43-20(4)35)16-24(37)41-18(2)11-9-8-10-12-22(17)36/h8-10,12,14,17-19,21,23,25-30,38H,11,13,15-16H2,1-7H3,(H2,32,39)/b9-8+,12-10+/t17-,18-,19-,21+,23-,25-,26-,27-,28+,29?,30+/m1/s1. The Bertz CT molecular complexity index is 1080. The maximum atomic E-state index is 13.0. The van der Waals surface area contributed by atoms with Crippen molar-refractivity contribution in [3.05, 3.63) is 24.3 Å². The first-order valence-corrected chi connectivity index (χ1v) is 15.0. The summed E-state index contributed by atoms with van der Waals surface area (Å²) < 4.78 is 34.6. The van der Waals surface area contributed by atoms with Crippen molar-refractivity contribution in [2.24, 2.45) is 17.6 Å². The van der Waals surface area contributed by atoms with Gasteiger partial charge >= 0.3 is 18.0 Å². The number of aliphatic hydroxyl groups is 1. The van der Waals surface area contributed by atoms with E-state index in [9.17, 15) is 29.1 Å². The maximum Gasteiger partial charge on any atom is 0.404 e. The molecule has 0 aromatic heterocycles. The molecule has 2 rings (SSSR count). The van der Waals surface area contributed by atoms with Crippen LogP contribution in [0.25, 0.3) is 0 Å². The number of carbonyl (C=O) groups excluding carboxylic acids is 5. The van der Waals surface area contributed by atoms with Crippen LogP contribution < -0.4 is 5.73 Å². The van der Waals surface area contributed by atoms with E-state index in [1.165, 1.54) is 20.1 Å². The molecule has 1 unspecified atom stereocenters. The second kappa shape index (κ2) is 18.1. The van der Waals surface area contributed by atoms with Crippen LogP contribution in [-0.2, 0) is 47.6 Å². The zero-order valence-corrected chi connectivity index (χ0v) is 27.0. The lowest BCUT2D eigenvalue weighted by Crippen LogP contribution is -2.64. The molecule has 254 valence electrons. The monoisotopic (exact) mass is 640 g/mol. The fraction of sp³-hybridized carbons (Fsp3) is 0.710. The number of aldehydes is 1. The van der Waals surface area contributed by atoms with E-state index < -0.39 is 91.3 Å². The van der Waals surface area contributed by atoms with Crippen molar-refractivity contribution < 1.29 is 57.5 Å². The number of nitrogens with zero attached hydrogens (tertiary/aromatic N) is 1. The second-order valence-electron chi connectivity index (χ2n) is 11.7. The Hall–Kier alpha value is -3.17. The van der Waals surface area contributed by atoms with Crippen LogP contribution in [0.4, 0.5) is 4.79 Å². The van der Waals surface area contributed by atoms with E-state index >= 15 is 0 Å². The van der Waals surface area contributed by atoms with Crippen LogP contribution in [0, 0.1) is 11.8 Å². The Labute approximate surface area is 264 Å². The molecule has 0 radical (unpaired) electrons. The maximum absolute atomic E-state index is 13.0. The molecule has 1 amide bonds. The Morgan fingerprint density at radius 3 is 2.38 bits per heavy atom. The summed E-state index contributed by atoms with van der Waals surface area (Å²) in [5.74, 6) is -2.89. The number of cyclic esters (lactones) is 1. The number of nitrogens with two attached hydrogens (primary N) is 1. The van der Waals surface area contributed by atoms with Gasteiger partial charge in [-0.2, -0.15) is 0 Å². The van der Waals surface area contributed by atoms with Crippen molar-refractivity contribution in [1.29, 1.82) is 0 Å². The van der Waals surface area contributed by atoms with Gasteiger partial charge in [0.05, 0.1) is 24.7 Å². The molecule has 1 fully saturated rings. The molecule has 0 aromatic carbocycles. The number of rotatable bonds is 8. The van der Waals surface area contributed by atoms with Crippen molar-refractivity contribution >= 4 is 30.1 Å². The predicted octanol–water partition coefficient (Wildman–Crippen LogP) is 1.46. The average molecular weight is 641 g/mol. The predicted molar refractivity (Wildman–Crippen MR) is 160 cm³/mol. The van der Waals surface area contributed by atoms with Crippen LogP contribution in [0.3, 0.4) is 0 Å². The van der Waals surface area contributed by atoms with E-state index in [1.807, 2.05) is 0 Å². The molecule has 3 N–H and O–H groups in total. The normalized spacial score (nSPS) is 36.9. The third kappa shape index (κ3) is 11.3. The lowest BCUT2D eigenvalue weighted by molar-refractivity contribution is -0.309. The Morgan fingerprint density at radius 1 is 1.11 bits per heavy atom. The first kappa shape index (κ1) is 38.0. The summed E-state index contributed by atoms with van der Waals surface area (Å²) >= 11 is 0. The van der Waals surface area contributed by atoms with Gasteiger partial charge in [-0.1, -0.05) is 25.2 Å². The molecule has 0 saturated carbocycles.